The third-order valence-corrected chi connectivity index (χ3v) is 9.65. The van der Waals surface area contributed by atoms with Crippen LogP contribution in [-0.2, 0) is 28.7 Å². The zero-order valence-corrected chi connectivity index (χ0v) is 25.9. The molecule has 0 radical (unpaired) electrons. The summed E-state index contributed by atoms with van der Waals surface area (Å²) in [7, 11) is 0. The monoisotopic (exact) mass is 635 g/mol. The van der Waals surface area contributed by atoms with Crippen molar-refractivity contribution in [2.24, 2.45) is 11.8 Å². The maximum Gasteiger partial charge on any atom is 0.313 e. The highest BCUT2D eigenvalue weighted by Crippen LogP contribution is 2.56. The molecule has 1 spiro atoms. The summed E-state index contributed by atoms with van der Waals surface area (Å²) in [6.45, 7) is 0.199. The number of benzene rings is 3. The number of nitrogens with zero attached hydrogens (tertiary/aromatic N) is 2. The van der Waals surface area contributed by atoms with E-state index in [0.717, 1.165) is 10.8 Å². The van der Waals surface area contributed by atoms with Gasteiger partial charge in [0.25, 0.3) is 5.91 Å². The first kappa shape index (κ1) is 30.8. The largest absolute Gasteiger partial charge is 0.455 e. The van der Waals surface area contributed by atoms with Gasteiger partial charge in [-0.05, 0) is 41.3 Å². The van der Waals surface area contributed by atoms with Crippen LogP contribution in [0, 0.1) is 11.8 Å². The average Bonchev–Trinajstić information content (AvgIpc) is 3.74. The third kappa shape index (κ3) is 5.51. The molecule has 2 fully saturated rings. The summed E-state index contributed by atoms with van der Waals surface area (Å²) in [5.41, 5.74) is -0.0439. The van der Waals surface area contributed by atoms with Gasteiger partial charge < -0.3 is 29.7 Å². The molecule has 3 amide bonds. The van der Waals surface area contributed by atoms with Crippen LogP contribution < -0.4 is 10.2 Å². The number of nitrogens with one attached hydrogen (secondary N) is 1. The van der Waals surface area contributed by atoms with Crippen molar-refractivity contribution < 1.29 is 33.8 Å². The molecule has 0 aromatic heterocycles. The van der Waals surface area contributed by atoms with Crippen LogP contribution in [-0.4, -0.2) is 77.7 Å². The van der Waals surface area contributed by atoms with Crippen LogP contribution in [0.4, 0.5) is 5.69 Å². The predicted octanol–water partition coefficient (Wildman–Crippen LogP) is 3.46. The first-order chi connectivity index (χ1) is 22.9. The van der Waals surface area contributed by atoms with Gasteiger partial charge in [0, 0.05) is 31.8 Å². The Morgan fingerprint density at radius 2 is 1.70 bits per heavy atom. The fourth-order valence-electron chi connectivity index (χ4n) is 7.43. The molecule has 10 nitrogen and oxygen atoms in total. The molecule has 3 aromatic carbocycles. The van der Waals surface area contributed by atoms with Gasteiger partial charge in [0.05, 0.1) is 18.6 Å². The zero-order chi connectivity index (χ0) is 32.5. The Balaban J connectivity index is 1.31. The van der Waals surface area contributed by atoms with E-state index < -0.39 is 41.7 Å². The molecule has 6 atom stereocenters. The summed E-state index contributed by atoms with van der Waals surface area (Å²) in [5.74, 6) is -3.55. The highest BCUT2D eigenvalue weighted by molar-refractivity contribution is 6.06. The lowest BCUT2D eigenvalue weighted by Gasteiger charge is -2.36. The second-order valence-corrected chi connectivity index (χ2v) is 12.4. The minimum Gasteiger partial charge on any atom is -0.455 e. The minimum absolute atomic E-state index is 0.0651. The maximum atomic E-state index is 14.9. The van der Waals surface area contributed by atoms with E-state index in [0.29, 0.717) is 17.7 Å². The number of amides is 3. The van der Waals surface area contributed by atoms with Crippen LogP contribution in [0.3, 0.4) is 0 Å². The van der Waals surface area contributed by atoms with Crippen molar-refractivity contribution >= 4 is 40.2 Å². The van der Waals surface area contributed by atoms with E-state index in [1.165, 1.54) is 4.90 Å². The molecule has 0 unspecified atom stereocenters. The van der Waals surface area contributed by atoms with E-state index in [9.17, 15) is 24.3 Å². The highest BCUT2D eigenvalue weighted by Gasteiger charge is 2.73. The van der Waals surface area contributed by atoms with Gasteiger partial charge in [0.1, 0.15) is 23.7 Å². The summed E-state index contributed by atoms with van der Waals surface area (Å²) in [6, 6.07) is 21.7. The summed E-state index contributed by atoms with van der Waals surface area (Å²) in [5, 5.41) is 14.6. The number of allylic oxidation sites excluding steroid dienone is 1. The highest BCUT2D eigenvalue weighted by atomic mass is 16.6. The van der Waals surface area contributed by atoms with Crippen LogP contribution >= 0.6 is 0 Å². The number of hydrogen-bond donors (Lipinski definition) is 2. The predicted molar refractivity (Wildman–Crippen MR) is 174 cm³/mol. The van der Waals surface area contributed by atoms with Crippen LogP contribution in [0.2, 0.25) is 0 Å². The van der Waals surface area contributed by atoms with Crippen molar-refractivity contribution in [2.75, 3.05) is 31.1 Å². The second kappa shape index (κ2) is 12.8. The molecule has 4 heterocycles. The minimum atomic E-state index is -1.39. The number of cyclic esters (lactones) is 1. The van der Waals surface area contributed by atoms with Gasteiger partial charge in [-0.15, -0.1) is 0 Å². The van der Waals surface area contributed by atoms with E-state index in [4.69, 9.17) is 9.47 Å². The number of ether oxygens (including phenoxy) is 2. The number of likely N-dealkylation sites (tertiary alicyclic amines) is 1. The van der Waals surface area contributed by atoms with Crippen molar-refractivity contribution in [2.45, 2.75) is 43.1 Å². The summed E-state index contributed by atoms with van der Waals surface area (Å²) in [4.78, 5) is 59.2. The van der Waals surface area contributed by atoms with E-state index in [-0.39, 0.29) is 56.8 Å². The normalized spacial score (nSPS) is 30.0. The smallest absolute Gasteiger partial charge is 0.313 e. The number of fused-ring (bicyclic) bond motifs is 3. The second-order valence-electron chi connectivity index (χ2n) is 12.4. The Kier molecular flexibility index (Phi) is 8.38. The van der Waals surface area contributed by atoms with Crippen molar-refractivity contribution in [3.05, 3.63) is 103 Å². The van der Waals surface area contributed by atoms with Crippen LogP contribution in [0.5, 0.6) is 0 Å². The summed E-state index contributed by atoms with van der Waals surface area (Å²) >= 11 is 0. The number of rotatable bonds is 5. The molecule has 10 heteroatoms. The summed E-state index contributed by atoms with van der Waals surface area (Å²) in [6.07, 6.45) is 6.60. The molecule has 2 N–H and O–H groups in total. The summed E-state index contributed by atoms with van der Waals surface area (Å²) < 4.78 is 12.6. The standard InChI is InChI=1S/C37H37N3O7/c41-21-9-20-40-33-35(44)39(27-16-15-24-10-6-7-13-26(24)22-27)19-8-2-5-14-30(42)38-23-29(25-11-3-1-4-12-25)46-36(45)31-28-17-18-37(33,47-28)32(31)34(40)43/h1-4,6-8,10-13,15-18,22,28-29,31-33,41H,5,9,14,19-21,23H2,(H,38,42)/b8-2-/t28-,29-,31+,32+,33-,37+/m1/s1. The Hall–Kier alpha value is -4.80. The van der Waals surface area contributed by atoms with Gasteiger partial charge in [0.2, 0.25) is 11.8 Å². The molecule has 7 rings (SSSR count). The van der Waals surface area contributed by atoms with Gasteiger partial charge in [-0.25, -0.2) is 0 Å². The van der Waals surface area contributed by atoms with E-state index in [2.05, 4.69) is 5.32 Å². The molecule has 47 heavy (non-hydrogen) atoms. The van der Waals surface area contributed by atoms with Gasteiger partial charge in [-0.3, -0.25) is 19.2 Å². The maximum absolute atomic E-state index is 14.9. The number of carbonyl (C=O) groups is 4. The number of aliphatic hydroxyl groups is 1. The van der Waals surface area contributed by atoms with E-state index in [1.54, 1.807) is 17.1 Å². The van der Waals surface area contributed by atoms with Crippen LogP contribution in [0.15, 0.2) is 97.1 Å². The average molecular weight is 636 g/mol. The fraction of sp³-hybridized carbons (Fsp3) is 0.351. The first-order valence-electron chi connectivity index (χ1n) is 16.2. The van der Waals surface area contributed by atoms with Crippen molar-refractivity contribution in [1.82, 2.24) is 10.2 Å². The van der Waals surface area contributed by atoms with Gasteiger partial charge in [-0.1, -0.05) is 85.0 Å². The molecule has 242 valence electrons. The lowest BCUT2D eigenvalue weighted by Crippen LogP contribution is -2.56. The Bertz CT molecular complexity index is 1760. The first-order valence-corrected chi connectivity index (χ1v) is 16.2. The van der Waals surface area contributed by atoms with Gasteiger partial charge in [-0.2, -0.15) is 0 Å². The van der Waals surface area contributed by atoms with Crippen molar-refractivity contribution in [3.8, 4) is 0 Å². The molecule has 2 saturated heterocycles. The lowest BCUT2D eigenvalue weighted by atomic mass is 9.74. The molecule has 4 aliphatic heterocycles. The van der Waals surface area contributed by atoms with Crippen molar-refractivity contribution in [3.63, 3.8) is 0 Å². The number of anilines is 1. The van der Waals surface area contributed by atoms with Crippen molar-refractivity contribution in [1.29, 1.82) is 0 Å². The van der Waals surface area contributed by atoms with Gasteiger partial charge in [0.15, 0.2) is 0 Å². The molecule has 0 aliphatic carbocycles. The molecule has 4 aliphatic rings. The molecule has 5 bridgehead atoms. The van der Waals surface area contributed by atoms with E-state index >= 15 is 0 Å². The molecule has 3 aromatic rings. The van der Waals surface area contributed by atoms with E-state index in [1.807, 2.05) is 84.9 Å². The number of esters is 1. The molecule has 0 saturated carbocycles. The topological polar surface area (TPSA) is 125 Å². The zero-order valence-electron chi connectivity index (χ0n) is 25.9. The van der Waals surface area contributed by atoms with Crippen LogP contribution in [0.25, 0.3) is 10.8 Å². The quantitative estimate of drug-likeness (QED) is 0.325. The number of aliphatic hydroxyl groups excluding tert-OH is 1. The number of carbonyl (C=O) groups excluding carboxylic acids is 4. The third-order valence-electron chi connectivity index (χ3n) is 9.65. The molecular weight excluding hydrogens is 598 g/mol. The Morgan fingerprint density at radius 3 is 2.51 bits per heavy atom. The Morgan fingerprint density at radius 1 is 0.915 bits per heavy atom. The SMILES string of the molecule is O=C1CC/C=C\CN(c2ccc3ccccc3c2)C(=O)[C@H]2N(CCCO)C(=O)[C@@H]3[C@@H](C(=O)O[C@@H](c4ccccc4)CN1)[C@H]1C=C[C@]32O1. The lowest BCUT2D eigenvalue weighted by molar-refractivity contribution is -0.159. The Labute approximate surface area is 272 Å². The van der Waals surface area contributed by atoms with Gasteiger partial charge >= 0.3 is 5.97 Å². The number of hydrogen-bond acceptors (Lipinski definition) is 7. The van der Waals surface area contributed by atoms with Crippen LogP contribution in [0.1, 0.15) is 30.9 Å². The molecular formula is C37H37N3O7. The fourth-order valence-corrected chi connectivity index (χ4v) is 7.43.